The van der Waals surface area contributed by atoms with Crippen LogP contribution in [0.25, 0.3) is 0 Å². The van der Waals surface area contributed by atoms with E-state index < -0.39 is 17.4 Å². The van der Waals surface area contributed by atoms with Crippen LogP contribution in [-0.2, 0) is 9.59 Å². The fourth-order valence-electron chi connectivity index (χ4n) is 1.65. The van der Waals surface area contributed by atoms with Crippen LogP contribution in [0, 0.1) is 13.8 Å². The van der Waals surface area contributed by atoms with Crippen molar-refractivity contribution in [3.05, 3.63) is 28.3 Å². The van der Waals surface area contributed by atoms with Gasteiger partial charge in [0.25, 0.3) is 0 Å². The smallest absolute Gasteiger partial charge is 0.313 e. The molecule has 0 aromatic heterocycles. The molecule has 0 fully saturated rings. The lowest BCUT2D eigenvalue weighted by molar-refractivity contribution is -0.137. The molecule has 0 spiro atoms. The third kappa shape index (κ3) is 4.21. The number of rotatable bonds is 3. The number of aliphatic hydroxyl groups is 1. The summed E-state index contributed by atoms with van der Waals surface area (Å²) < 4.78 is 0. The van der Waals surface area contributed by atoms with Gasteiger partial charge < -0.3 is 15.7 Å². The fourth-order valence-corrected chi connectivity index (χ4v) is 2.02. The number of hydrogen-bond donors (Lipinski definition) is 3. The van der Waals surface area contributed by atoms with Gasteiger partial charge in [0.05, 0.1) is 22.9 Å². The lowest BCUT2D eigenvalue weighted by Crippen LogP contribution is -2.50. The van der Waals surface area contributed by atoms with Crippen LogP contribution in [0.3, 0.4) is 0 Å². The number of nitrogens with one attached hydrogen (secondary N) is 2. The van der Waals surface area contributed by atoms with E-state index >= 15 is 0 Å². The molecule has 0 unspecified atom stereocenters. The normalized spacial score (nSPS) is 11.1. The van der Waals surface area contributed by atoms with Gasteiger partial charge >= 0.3 is 11.8 Å². The van der Waals surface area contributed by atoms with Crippen LogP contribution in [0.1, 0.15) is 25.0 Å². The van der Waals surface area contributed by atoms with E-state index in [1.807, 2.05) is 13.0 Å². The molecule has 2 amide bonds. The van der Waals surface area contributed by atoms with Crippen molar-refractivity contribution in [1.29, 1.82) is 0 Å². The molecule has 1 aromatic carbocycles. The largest absolute Gasteiger partial charge is 0.394 e. The Morgan fingerprint density at radius 2 is 1.85 bits per heavy atom. The first kappa shape index (κ1) is 16.5. The molecule has 5 nitrogen and oxygen atoms in total. The van der Waals surface area contributed by atoms with Gasteiger partial charge in [0.1, 0.15) is 0 Å². The van der Waals surface area contributed by atoms with Crippen LogP contribution in [0.5, 0.6) is 0 Å². The molecule has 110 valence electrons. The number of anilines is 1. The van der Waals surface area contributed by atoms with Gasteiger partial charge in [-0.15, -0.1) is 0 Å². The van der Waals surface area contributed by atoms with Crippen molar-refractivity contribution in [2.75, 3.05) is 11.9 Å². The van der Waals surface area contributed by atoms with E-state index in [1.54, 1.807) is 26.8 Å². The average Bonchev–Trinajstić information content (AvgIpc) is 2.32. The summed E-state index contributed by atoms with van der Waals surface area (Å²) in [5.74, 6) is -1.64. The van der Waals surface area contributed by atoms with E-state index in [-0.39, 0.29) is 6.61 Å². The molecule has 20 heavy (non-hydrogen) atoms. The van der Waals surface area contributed by atoms with Gasteiger partial charge in [-0.3, -0.25) is 9.59 Å². The summed E-state index contributed by atoms with van der Waals surface area (Å²) in [6.07, 6.45) is 0. The third-order valence-corrected chi connectivity index (χ3v) is 3.02. The molecule has 1 aromatic rings. The van der Waals surface area contributed by atoms with Gasteiger partial charge in [0, 0.05) is 0 Å². The maximum absolute atomic E-state index is 11.8. The number of amides is 2. The molecule has 0 atom stereocenters. The summed E-state index contributed by atoms with van der Waals surface area (Å²) >= 11 is 6.06. The van der Waals surface area contributed by atoms with Gasteiger partial charge in [-0.05, 0) is 44.9 Å². The minimum absolute atomic E-state index is 0.268. The van der Waals surface area contributed by atoms with Gasteiger partial charge in [0.15, 0.2) is 0 Å². The Hall–Kier alpha value is -1.59. The van der Waals surface area contributed by atoms with Crippen LogP contribution < -0.4 is 10.6 Å². The lowest BCUT2D eigenvalue weighted by atomic mass is 10.1. The van der Waals surface area contributed by atoms with E-state index in [0.717, 1.165) is 11.1 Å². The highest BCUT2D eigenvalue weighted by Crippen LogP contribution is 2.27. The Morgan fingerprint density at radius 3 is 2.35 bits per heavy atom. The molecule has 0 bridgehead atoms. The predicted octanol–water partition coefficient (Wildman–Crippen LogP) is 1.78. The monoisotopic (exact) mass is 298 g/mol. The number of halogens is 1. The molecule has 0 aliphatic carbocycles. The highest BCUT2D eigenvalue weighted by atomic mass is 35.5. The second kappa shape index (κ2) is 6.24. The number of aryl methyl sites for hydroxylation is 2. The van der Waals surface area contributed by atoms with E-state index in [0.29, 0.717) is 10.7 Å². The molecule has 3 N–H and O–H groups in total. The number of aliphatic hydroxyl groups excluding tert-OH is 1. The summed E-state index contributed by atoms with van der Waals surface area (Å²) in [7, 11) is 0. The first-order chi connectivity index (χ1) is 9.16. The Kier molecular flexibility index (Phi) is 5.14. The Balaban J connectivity index is 2.84. The highest BCUT2D eigenvalue weighted by molar-refractivity contribution is 6.41. The summed E-state index contributed by atoms with van der Waals surface area (Å²) in [4.78, 5) is 23.6. The Morgan fingerprint density at radius 1 is 1.25 bits per heavy atom. The Bertz CT molecular complexity index is 518. The van der Waals surface area contributed by atoms with Crippen molar-refractivity contribution in [3.8, 4) is 0 Å². The molecule has 0 heterocycles. The third-order valence-electron chi connectivity index (χ3n) is 2.72. The van der Waals surface area contributed by atoms with E-state index in [4.69, 9.17) is 16.7 Å². The molecule has 0 aliphatic heterocycles. The van der Waals surface area contributed by atoms with E-state index in [2.05, 4.69) is 10.6 Å². The van der Waals surface area contributed by atoms with Crippen molar-refractivity contribution < 1.29 is 14.7 Å². The van der Waals surface area contributed by atoms with Gasteiger partial charge in [-0.2, -0.15) is 0 Å². The highest BCUT2D eigenvalue weighted by Gasteiger charge is 2.24. The van der Waals surface area contributed by atoms with Crippen LogP contribution in [0.4, 0.5) is 5.69 Å². The topological polar surface area (TPSA) is 78.4 Å². The predicted molar refractivity (Wildman–Crippen MR) is 78.9 cm³/mol. The van der Waals surface area contributed by atoms with Crippen molar-refractivity contribution >= 4 is 29.1 Å². The molecule has 0 aliphatic rings. The fraction of sp³-hybridized carbons (Fsp3) is 0.429. The van der Waals surface area contributed by atoms with E-state index in [1.165, 1.54) is 0 Å². The zero-order chi connectivity index (χ0) is 15.5. The van der Waals surface area contributed by atoms with Crippen molar-refractivity contribution in [1.82, 2.24) is 5.32 Å². The SMILES string of the molecule is Cc1cc(C)c(NC(=O)C(=O)NC(C)(C)CO)c(Cl)c1. The van der Waals surface area contributed by atoms with Crippen LogP contribution in [0.15, 0.2) is 12.1 Å². The maximum atomic E-state index is 11.8. The van der Waals surface area contributed by atoms with Gasteiger partial charge in [0.2, 0.25) is 0 Å². The summed E-state index contributed by atoms with van der Waals surface area (Å²) in [5.41, 5.74) is 1.30. The van der Waals surface area contributed by atoms with Gasteiger partial charge in [-0.25, -0.2) is 0 Å². The molecule has 0 radical (unpaired) electrons. The summed E-state index contributed by atoms with van der Waals surface area (Å²) in [6, 6.07) is 3.57. The standard InChI is InChI=1S/C14H19ClN2O3/c1-8-5-9(2)11(10(15)6-8)16-12(19)13(20)17-14(3,4)7-18/h5-6,18H,7H2,1-4H3,(H,16,19)(H,17,20). The summed E-state index contributed by atoms with van der Waals surface area (Å²) in [5, 5.41) is 14.4. The molecule has 0 saturated carbocycles. The zero-order valence-electron chi connectivity index (χ0n) is 12.0. The molecule has 1 rings (SSSR count). The average molecular weight is 299 g/mol. The maximum Gasteiger partial charge on any atom is 0.313 e. The quantitative estimate of drug-likeness (QED) is 0.744. The van der Waals surface area contributed by atoms with Crippen LogP contribution >= 0.6 is 11.6 Å². The molecular weight excluding hydrogens is 280 g/mol. The summed E-state index contributed by atoms with van der Waals surface area (Å²) in [6.45, 7) is 6.64. The number of carbonyl (C=O) groups is 2. The number of hydrogen-bond acceptors (Lipinski definition) is 3. The van der Waals surface area contributed by atoms with Crippen molar-refractivity contribution in [2.24, 2.45) is 0 Å². The first-order valence-electron chi connectivity index (χ1n) is 6.17. The minimum Gasteiger partial charge on any atom is -0.394 e. The van der Waals surface area contributed by atoms with Crippen LogP contribution in [0.2, 0.25) is 5.02 Å². The second-order valence-electron chi connectivity index (χ2n) is 5.39. The van der Waals surface area contributed by atoms with Crippen molar-refractivity contribution in [3.63, 3.8) is 0 Å². The zero-order valence-corrected chi connectivity index (χ0v) is 12.8. The first-order valence-corrected chi connectivity index (χ1v) is 6.55. The van der Waals surface area contributed by atoms with Crippen LogP contribution in [-0.4, -0.2) is 29.1 Å². The van der Waals surface area contributed by atoms with Gasteiger partial charge in [-0.1, -0.05) is 17.7 Å². The number of carbonyl (C=O) groups excluding carboxylic acids is 2. The molecular formula is C14H19ClN2O3. The lowest BCUT2D eigenvalue weighted by Gasteiger charge is -2.23. The minimum atomic E-state index is -0.861. The number of benzene rings is 1. The Labute approximate surface area is 123 Å². The molecule has 6 heteroatoms. The second-order valence-corrected chi connectivity index (χ2v) is 5.80. The van der Waals surface area contributed by atoms with E-state index in [9.17, 15) is 9.59 Å². The van der Waals surface area contributed by atoms with Crippen molar-refractivity contribution in [2.45, 2.75) is 33.2 Å². The molecule has 0 saturated heterocycles.